The first-order chi connectivity index (χ1) is 7.29. The molecule has 0 aliphatic heterocycles. The van der Waals surface area contributed by atoms with Gasteiger partial charge in [0.05, 0.1) is 0 Å². The lowest BCUT2D eigenvalue weighted by molar-refractivity contribution is -0.114. The molecular weight excluding hydrogens is 186 g/mol. The molecule has 1 aromatic carbocycles. The molecule has 0 fully saturated rings. The molecule has 2 rings (SSSR count). The predicted octanol–water partition coefficient (Wildman–Crippen LogP) is 2.14. The lowest BCUT2D eigenvalue weighted by Crippen LogP contribution is -2.20. The van der Waals surface area contributed by atoms with E-state index in [-0.39, 0.29) is 11.8 Å². The van der Waals surface area contributed by atoms with Crippen molar-refractivity contribution in [3.05, 3.63) is 59.7 Å². The SMILES string of the molecule is NC(=O)C1=CC=CCC1c1ccccc1. The summed E-state index contributed by atoms with van der Waals surface area (Å²) >= 11 is 0. The standard InChI is InChI=1S/C13H13NO/c14-13(15)12-9-5-4-8-11(12)10-6-2-1-3-7-10/h1-7,9,11H,8H2,(H2,14,15). The second kappa shape index (κ2) is 4.13. The quantitative estimate of drug-likeness (QED) is 0.779. The van der Waals surface area contributed by atoms with Crippen LogP contribution in [0.4, 0.5) is 0 Å². The van der Waals surface area contributed by atoms with Gasteiger partial charge in [-0.1, -0.05) is 48.6 Å². The first-order valence-electron chi connectivity index (χ1n) is 5.00. The van der Waals surface area contributed by atoms with Crippen LogP contribution in [0.3, 0.4) is 0 Å². The summed E-state index contributed by atoms with van der Waals surface area (Å²) in [6.45, 7) is 0. The molecule has 2 N–H and O–H groups in total. The van der Waals surface area contributed by atoms with E-state index in [0.29, 0.717) is 5.57 Å². The number of hydrogen-bond acceptors (Lipinski definition) is 1. The third-order valence-corrected chi connectivity index (χ3v) is 2.65. The highest BCUT2D eigenvalue weighted by molar-refractivity contribution is 5.94. The average Bonchev–Trinajstić information content (AvgIpc) is 2.30. The van der Waals surface area contributed by atoms with Crippen molar-refractivity contribution < 1.29 is 4.79 Å². The first kappa shape index (κ1) is 9.71. The molecule has 1 amide bonds. The fourth-order valence-electron chi connectivity index (χ4n) is 1.88. The summed E-state index contributed by atoms with van der Waals surface area (Å²) in [6, 6.07) is 9.98. The zero-order valence-corrected chi connectivity index (χ0v) is 8.39. The topological polar surface area (TPSA) is 43.1 Å². The number of hydrogen-bond donors (Lipinski definition) is 1. The molecule has 0 aromatic heterocycles. The van der Waals surface area contributed by atoms with Crippen molar-refractivity contribution in [1.82, 2.24) is 0 Å². The van der Waals surface area contributed by atoms with Crippen LogP contribution >= 0.6 is 0 Å². The molecule has 0 spiro atoms. The number of allylic oxidation sites excluding steroid dienone is 3. The maximum atomic E-state index is 11.3. The maximum absolute atomic E-state index is 11.3. The largest absolute Gasteiger partial charge is 0.366 e. The summed E-state index contributed by atoms with van der Waals surface area (Å²) in [5, 5.41) is 0. The molecule has 1 unspecified atom stereocenters. The molecular formula is C13H13NO. The van der Waals surface area contributed by atoms with Crippen LogP contribution in [0.1, 0.15) is 17.9 Å². The highest BCUT2D eigenvalue weighted by Crippen LogP contribution is 2.30. The Bertz CT molecular complexity index is 417. The van der Waals surface area contributed by atoms with Crippen molar-refractivity contribution in [1.29, 1.82) is 0 Å². The summed E-state index contributed by atoms with van der Waals surface area (Å²) in [4.78, 5) is 11.3. The van der Waals surface area contributed by atoms with E-state index in [1.807, 2.05) is 42.5 Å². The Kier molecular flexibility index (Phi) is 2.68. The Hall–Kier alpha value is -1.83. The zero-order chi connectivity index (χ0) is 10.7. The molecule has 0 saturated carbocycles. The molecule has 0 saturated heterocycles. The Morgan fingerprint density at radius 1 is 1.27 bits per heavy atom. The van der Waals surface area contributed by atoms with Crippen molar-refractivity contribution in [3.63, 3.8) is 0 Å². The number of nitrogens with two attached hydrogens (primary N) is 1. The first-order valence-corrected chi connectivity index (χ1v) is 5.00. The minimum atomic E-state index is -0.326. The van der Waals surface area contributed by atoms with Crippen LogP contribution in [0, 0.1) is 0 Å². The second-order valence-corrected chi connectivity index (χ2v) is 3.61. The zero-order valence-electron chi connectivity index (χ0n) is 8.39. The van der Waals surface area contributed by atoms with Gasteiger partial charge in [-0.25, -0.2) is 0 Å². The fraction of sp³-hybridized carbons (Fsp3) is 0.154. The van der Waals surface area contributed by atoms with E-state index < -0.39 is 0 Å². The average molecular weight is 199 g/mol. The maximum Gasteiger partial charge on any atom is 0.245 e. The lowest BCUT2D eigenvalue weighted by Gasteiger charge is -2.19. The molecule has 76 valence electrons. The van der Waals surface area contributed by atoms with E-state index in [1.54, 1.807) is 0 Å². The number of carbonyl (C=O) groups excluding carboxylic acids is 1. The lowest BCUT2D eigenvalue weighted by atomic mass is 9.85. The van der Waals surface area contributed by atoms with E-state index in [4.69, 9.17) is 5.73 Å². The molecule has 1 aliphatic carbocycles. The molecule has 0 heterocycles. The number of primary amides is 1. The second-order valence-electron chi connectivity index (χ2n) is 3.61. The van der Waals surface area contributed by atoms with E-state index in [1.165, 1.54) is 0 Å². The molecule has 15 heavy (non-hydrogen) atoms. The van der Waals surface area contributed by atoms with Gasteiger partial charge in [0, 0.05) is 11.5 Å². The summed E-state index contributed by atoms with van der Waals surface area (Å²) in [5.74, 6) is -0.207. The van der Waals surface area contributed by atoms with Crippen LogP contribution in [0.25, 0.3) is 0 Å². The van der Waals surface area contributed by atoms with Gasteiger partial charge in [0.1, 0.15) is 0 Å². The molecule has 2 heteroatoms. The Morgan fingerprint density at radius 3 is 2.67 bits per heavy atom. The van der Waals surface area contributed by atoms with Gasteiger partial charge in [-0.2, -0.15) is 0 Å². The van der Waals surface area contributed by atoms with E-state index in [0.717, 1.165) is 12.0 Å². The van der Waals surface area contributed by atoms with Gasteiger partial charge in [0.2, 0.25) is 5.91 Å². The summed E-state index contributed by atoms with van der Waals surface area (Å²) in [7, 11) is 0. The number of benzene rings is 1. The highest BCUT2D eigenvalue weighted by atomic mass is 16.1. The molecule has 2 nitrogen and oxygen atoms in total. The minimum Gasteiger partial charge on any atom is -0.366 e. The molecule has 1 aromatic rings. The summed E-state index contributed by atoms with van der Waals surface area (Å²) in [6.07, 6.45) is 6.60. The van der Waals surface area contributed by atoms with Crippen molar-refractivity contribution in [2.75, 3.05) is 0 Å². The molecule has 1 aliphatic rings. The minimum absolute atomic E-state index is 0.119. The van der Waals surface area contributed by atoms with Gasteiger partial charge < -0.3 is 5.73 Å². The fourth-order valence-corrected chi connectivity index (χ4v) is 1.88. The van der Waals surface area contributed by atoms with Crippen LogP contribution < -0.4 is 5.73 Å². The molecule has 0 radical (unpaired) electrons. The van der Waals surface area contributed by atoms with E-state index >= 15 is 0 Å². The smallest absolute Gasteiger partial charge is 0.245 e. The van der Waals surface area contributed by atoms with E-state index in [2.05, 4.69) is 6.08 Å². The monoisotopic (exact) mass is 199 g/mol. The normalized spacial score (nSPS) is 19.7. The Morgan fingerprint density at radius 2 is 2.00 bits per heavy atom. The predicted molar refractivity (Wildman–Crippen MR) is 60.2 cm³/mol. The Labute approximate surface area is 89.1 Å². The molecule has 1 atom stereocenters. The summed E-state index contributed by atoms with van der Waals surface area (Å²) in [5.41, 5.74) is 7.20. The molecule has 0 bridgehead atoms. The van der Waals surface area contributed by atoms with Crippen LogP contribution in [0.5, 0.6) is 0 Å². The van der Waals surface area contributed by atoms with Crippen LogP contribution in [-0.4, -0.2) is 5.91 Å². The van der Waals surface area contributed by atoms with Gasteiger partial charge in [0.25, 0.3) is 0 Å². The van der Waals surface area contributed by atoms with Crippen LogP contribution in [-0.2, 0) is 4.79 Å². The number of rotatable bonds is 2. The van der Waals surface area contributed by atoms with E-state index in [9.17, 15) is 4.79 Å². The van der Waals surface area contributed by atoms with Crippen molar-refractivity contribution in [2.45, 2.75) is 12.3 Å². The third-order valence-electron chi connectivity index (χ3n) is 2.65. The van der Waals surface area contributed by atoms with Crippen LogP contribution in [0.15, 0.2) is 54.1 Å². The summed E-state index contributed by atoms with van der Waals surface area (Å²) < 4.78 is 0. The number of carbonyl (C=O) groups is 1. The highest BCUT2D eigenvalue weighted by Gasteiger charge is 2.20. The third kappa shape index (κ3) is 1.99. The van der Waals surface area contributed by atoms with Gasteiger partial charge >= 0.3 is 0 Å². The van der Waals surface area contributed by atoms with Gasteiger partial charge in [-0.15, -0.1) is 0 Å². The van der Waals surface area contributed by atoms with Crippen molar-refractivity contribution in [2.24, 2.45) is 5.73 Å². The van der Waals surface area contributed by atoms with Gasteiger partial charge in [-0.3, -0.25) is 4.79 Å². The van der Waals surface area contributed by atoms with Gasteiger partial charge in [0.15, 0.2) is 0 Å². The Balaban J connectivity index is 2.34. The van der Waals surface area contributed by atoms with Gasteiger partial charge in [-0.05, 0) is 12.0 Å². The van der Waals surface area contributed by atoms with Crippen molar-refractivity contribution >= 4 is 5.91 Å². The number of amides is 1. The van der Waals surface area contributed by atoms with Crippen LogP contribution in [0.2, 0.25) is 0 Å². The van der Waals surface area contributed by atoms with Crippen molar-refractivity contribution in [3.8, 4) is 0 Å².